The first-order chi connectivity index (χ1) is 12.7. The van der Waals surface area contributed by atoms with Gasteiger partial charge in [-0.05, 0) is 49.7 Å². The molecular weight excluding hydrogens is 328 g/mol. The zero-order chi connectivity index (χ0) is 18.4. The summed E-state index contributed by atoms with van der Waals surface area (Å²) in [4.78, 5) is 12.2. The van der Waals surface area contributed by atoms with Crippen LogP contribution in [0.5, 0.6) is 5.75 Å². The lowest BCUT2D eigenvalue weighted by Crippen LogP contribution is -2.17. The monoisotopic (exact) mass is 348 g/mol. The Hall–Kier alpha value is -3.41. The molecule has 0 aliphatic heterocycles. The molecule has 0 saturated heterocycles. The van der Waals surface area contributed by atoms with E-state index in [9.17, 15) is 4.79 Å². The first kappa shape index (κ1) is 17.4. The lowest BCUT2D eigenvalue weighted by Gasteiger charge is -2.02. The number of aromatic amines is 1. The molecule has 0 fully saturated rings. The van der Waals surface area contributed by atoms with Gasteiger partial charge in [0.2, 0.25) is 0 Å². The van der Waals surface area contributed by atoms with Gasteiger partial charge in [0.15, 0.2) is 0 Å². The van der Waals surface area contributed by atoms with Gasteiger partial charge in [0.1, 0.15) is 11.4 Å². The maximum absolute atomic E-state index is 12.2. The summed E-state index contributed by atoms with van der Waals surface area (Å²) in [5.41, 5.74) is 6.53. The maximum atomic E-state index is 12.2. The van der Waals surface area contributed by atoms with E-state index < -0.39 is 0 Å². The Bertz CT molecular complexity index is 896. The van der Waals surface area contributed by atoms with Crippen LogP contribution >= 0.6 is 0 Å². The van der Waals surface area contributed by atoms with Crippen molar-refractivity contribution in [2.24, 2.45) is 5.10 Å². The van der Waals surface area contributed by atoms with E-state index in [0.29, 0.717) is 18.0 Å². The molecule has 6 heteroatoms. The molecule has 6 nitrogen and oxygen atoms in total. The minimum absolute atomic E-state index is 0.349. The van der Waals surface area contributed by atoms with E-state index in [-0.39, 0.29) is 5.91 Å². The van der Waals surface area contributed by atoms with Crippen molar-refractivity contribution in [2.75, 3.05) is 6.61 Å². The Morgan fingerprint density at radius 3 is 2.62 bits per heavy atom. The second-order valence-corrected chi connectivity index (χ2v) is 5.73. The van der Waals surface area contributed by atoms with E-state index in [1.807, 2.05) is 62.4 Å². The number of aromatic nitrogens is 2. The van der Waals surface area contributed by atoms with Crippen LogP contribution < -0.4 is 10.2 Å². The summed E-state index contributed by atoms with van der Waals surface area (Å²) in [5.74, 6) is 0.452. The number of hydrogen-bond donors (Lipinski definition) is 2. The summed E-state index contributed by atoms with van der Waals surface area (Å²) in [5, 5.41) is 10.9. The van der Waals surface area contributed by atoms with Gasteiger partial charge in [0.25, 0.3) is 5.91 Å². The third-order valence-electron chi connectivity index (χ3n) is 3.74. The summed E-state index contributed by atoms with van der Waals surface area (Å²) in [6.07, 6.45) is 1.57. The van der Waals surface area contributed by atoms with Gasteiger partial charge < -0.3 is 4.74 Å². The fourth-order valence-corrected chi connectivity index (χ4v) is 2.35. The fourth-order valence-electron chi connectivity index (χ4n) is 2.35. The lowest BCUT2D eigenvalue weighted by atomic mass is 10.1. The van der Waals surface area contributed by atoms with Crippen LogP contribution in [0.3, 0.4) is 0 Å². The van der Waals surface area contributed by atoms with E-state index >= 15 is 0 Å². The minimum atomic E-state index is -0.349. The molecule has 3 rings (SSSR count). The van der Waals surface area contributed by atoms with Gasteiger partial charge in [0, 0.05) is 5.56 Å². The molecule has 26 heavy (non-hydrogen) atoms. The molecule has 1 heterocycles. The molecule has 0 aliphatic carbocycles. The van der Waals surface area contributed by atoms with Gasteiger partial charge >= 0.3 is 0 Å². The Morgan fingerprint density at radius 2 is 1.92 bits per heavy atom. The molecule has 0 radical (unpaired) electrons. The SMILES string of the molecule is CCOc1ccc(/C=N/NC(=O)c2cc(-c3ccc(C)cc3)n[nH]2)cc1. The number of ether oxygens (including phenoxy) is 1. The first-order valence-corrected chi connectivity index (χ1v) is 8.34. The number of hydrogen-bond acceptors (Lipinski definition) is 4. The Labute approximate surface area is 151 Å². The number of aryl methyl sites for hydroxylation is 1. The van der Waals surface area contributed by atoms with Crippen molar-refractivity contribution in [1.82, 2.24) is 15.6 Å². The largest absolute Gasteiger partial charge is 0.494 e. The number of hydrazone groups is 1. The van der Waals surface area contributed by atoms with E-state index in [1.165, 1.54) is 5.56 Å². The number of rotatable bonds is 6. The molecule has 2 N–H and O–H groups in total. The highest BCUT2D eigenvalue weighted by molar-refractivity contribution is 5.94. The van der Waals surface area contributed by atoms with Crippen LogP contribution in [0.2, 0.25) is 0 Å². The molecule has 132 valence electrons. The second-order valence-electron chi connectivity index (χ2n) is 5.73. The molecule has 0 aliphatic rings. The van der Waals surface area contributed by atoms with Crippen LogP contribution in [0, 0.1) is 6.92 Å². The second kappa shape index (κ2) is 8.11. The topological polar surface area (TPSA) is 79.4 Å². The molecule has 3 aromatic rings. The highest BCUT2D eigenvalue weighted by Crippen LogP contribution is 2.18. The van der Waals surface area contributed by atoms with Crippen molar-refractivity contribution >= 4 is 12.1 Å². The van der Waals surface area contributed by atoms with Crippen molar-refractivity contribution in [2.45, 2.75) is 13.8 Å². The summed E-state index contributed by atoms with van der Waals surface area (Å²) < 4.78 is 5.38. The molecule has 2 aromatic carbocycles. The average Bonchev–Trinajstić information content (AvgIpc) is 3.14. The Kier molecular flexibility index (Phi) is 5.43. The predicted octanol–water partition coefficient (Wildman–Crippen LogP) is 3.55. The van der Waals surface area contributed by atoms with Gasteiger partial charge in [-0.3, -0.25) is 9.89 Å². The lowest BCUT2D eigenvalue weighted by molar-refractivity contribution is 0.0950. The van der Waals surface area contributed by atoms with E-state index in [4.69, 9.17) is 4.74 Å². The zero-order valence-corrected chi connectivity index (χ0v) is 14.7. The highest BCUT2D eigenvalue weighted by atomic mass is 16.5. The van der Waals surface area contributed by atoms with Crippen LogP contribution in [0.1, 0.15) is 28.5 Å². The van der Waals surface area contributed by atoms with Crippen molar-refractivity contribution in [3.05, 3.63) is 71.4 Å². The Morgan fingerprint density at radius 1 is 1.19 bits per heavy atom. The molecule has 0 unspecified atom stereocenters. The maximum Gasteiger partial charge on any atom is 0.289 e. The van der Waals surface area contributed by atoms with Crippen molar-refractivity contribution in [3.63, 3.8) is 0 Å². The normalized spacial score (nSPS) is 10.8. The number of nitrogens with zero attached hydrogens (tertiary/aromatic N) is 2. The summed E-state index contributed by atoms with van der Waals surface area (Å²) in [6, 6.07) is 17.1. The van der Waals surface area contributed by atoms with Crippen LogP contribution in [0.25, 0.3) is 11.3 Å². The highest BCUT2D eigenvalue weighted by Gasteiger charge is 2.10. The van der Waals surface area contributed by atoms with E-state index in [0.717, 1.165) is 16.9 Å². The molecule has 0 spiro atoms. The molecule has 1 aromatic heterocycles. The first-order valence-electron chi connectivity index (χ1n) is 8.34. The smallest absolute Gasteiger partial charge is 0.289 e. The van der Waals surface area contributed by atoms with Gasteiger partial charge in [-0.1, -0.05) is 29.8 Å². The van der Waals surface area contributed by atoms with Crippen LogP contribution in [-0.4, -0.2) is 28.9 Å². The molecular formula is C20H20N4O2. The summed E-state index contributed by atoms with van der Waals surface area (Å²) in [7, 11) is 0. The summed E-state index contributed by atoms with van der Waals surface area (Å²) >= 11 is 0. The molecule has 0 atom stereocenters. The zero-order valence-electron chi connectivity index (χ0n) is 14.7. The number of nitrogens with one attached hydrogen (secondary N) is 2. The van der Waals surface area contributed by atoms with Crippen molar-refractivity contribution in [3.8, 4) is 17.0 Å². The predicted molar refractivity (Wildman–Crippen MR) is 101 cm³/mol. The fraction of sp³-hybridized carbons (Fsp3) is 0.150. The van der Waals surface area contributed by atoms with Crippen LogP contribution in [-0.2, 0) is 0 Å². The van der Waals surface area contributed by atoms with Gasteiger partial charge in [-0.15, -0.1) is 0 Å². The van der Waals surface area contributed by atoms with Crippen molar-refractivity contribution < 1.29 is 9.53 Å². The minimum Gasteiger partial charge on any atom is -0.494 e. The number of H-pyrrole nitrogens is 1. The van der Waals surface area contributed by atoms with E-state index in [1.54, 1.807) is 12.3 Å². The standard InChI is InChI=1S/C20H20N4O2/c1-3-26-17-10-6-15(7-11-17)13-21-24-20(25)19-12-18(22-23-19)16-8-4-14(2)5-9-16/h4-13H,3H2,1-2H3,(H,22,23)(H,24,25)/b21-13+. The molecule has 1 amide bonds. The van der Waals surface area contributed by atoms with Crippen LogP contribution in [0.4, 0.5) is 0 Å². The Balaban J connectivity index is 1.60. The number of benzene rings is 2. The van der Waals surface area contributed by atoms with Crippen LogP contribution in [0.15, 0.2) is 59.7 Å². The number of carbonyl (C=O) groups excluding carboxylic acids is 1. The third kappa shape index (κ3) is 4.36. The molecule has 0 saturated carbocycles. The quantitative estimate of drug-likeness (QED) is 0.528. The van der Waals surface area contributed by atoms with Gasteiger partial charge in [0.05, 0.1) is 18.5 Å². The van der Waals surface area contributed by atoms with Gasteiger partial charge in [-0.2, -0.15) is 10.2 Å². The van der Waals surface area contributed by atoms with Gasteiger partial charge in [-0.25, -0.2) is 5.43 Å². The van der Waals surface area contributed by atoms with E-state index in [2.05, 4.69) is 20.7 Å². The number of amides is 1. The average molecular weight is 348 g/mol. The summed E-state index contributed by atoms with van der Waals surface area (Å²) in [6.45, 7) is 4.58. The molecule has 0 bridgehead atoms. The number of carbonyl (C=O) groups is 1. The third-order valence-corrected chi connectivity index (χ3v) is 3.74. The van der Waals surface area contributed by atoms with Crippen molar-refractivity contribution in [1.29, 1.82) is 0 Å².